The highest BCUT2D eigenvalue weighted by Gasteiger charge is 2.28. The Morgan fingerprint density at radius 3 is 2.04 bits per heavy atom. The Morgan fingerprint density at radius 1 is 1.00 bits per heavy atom. The predicted octanol–water partition coefficient (Wildman–Crippen LogP) is 2.39. The highest BCUT2D eigenvalue weighted by atomic mass is 32.2. The zero-order valence-electron chi connectivity index (χ0n) is 16.7. The third kappa shape index (κ3) is 6.04. The van der Waals surface area contributed by atoms with Gasteiger partial charge in [0.2, 0.25) is 10.0 Å². The molecule has 0 atom stereocenters. The molecule has 0 amide bonds. The van der Waals surface area contributed by atoms with Gasteiger partial charge in [0.1, 0.15) is 0 Å². The average molecular weight is 405 g/mol. The first kappa shape index (κ1) is 23.1. The maximum atomic E-state index is 13.3. The highest BCUT2D eigenvalue weighted by Crippen LogP contribution is 2.24. The fourth-order valence-corrected chi connectivity index (χ4v) is 5.30. The van der Waals surface area contributed by atoms with Crippen LogP contribution in [0.5, 0.6) is 0 Å². The molecule has 150 valence electrons. The standard InChI is InChI=1S/C18H32N2O4S2/c1-7-19(8-2)11-12-20(14-15(3)4)26(23,24)18-13-17(25(6,21)22)10-9-16(18)5/h9-10,13,15H,7-8,11-12,14H2,1-6H3. The number of sulfonamides is 1. The first-order valence-corrected chi connectivity index (χ1v) is 12.3. The summed E-state index contributed by atoms with van der Waals surface area (Å²) in [6.45, 7) is 12.9. The van der Waals surface area contributed by atoms with Crippen LogP contribution < -0.4 is 0 Å². The summed E-state index contributed by atoms with van der Waals surface area (Å²) >= 11 is 0. The zero-order valence-corrected chi connectivity index (χ0v) is 18.3. The molecule has 26 heavy (non-hydrogen) atoms. The molecule has 0 saturated carbocycles. The third-order valence-corrected chi connectivity index (χ3v) is 7.45. The van der Waals surface area contributed by atoms with Crippen molar-refractivity contribution in [2.45, 2.75) is 44.4 Å². The lowest BCUT2D eigenvalue weighted by Crippen LogP contribution is -2.40. The van der Waals surface area contributed by atoms with Gasteiger partial charge in [-0.2, -0.15) is 4.31 Å². The lowest BCUT2D eigenvalue weighted by atomic mass is 10.2. The molecule has 6 nitrogen and oxygen atoms in total. The molecule has 0 aliphatic carbocycles. The molecule has 0 bridgehead atoms. The monoisotopic (exact) mass is 404 g/mol. The molecule has 0 spiro atoms. The molecule has 8 heteroatoms. The number of hydrogen-bond donors (Lipinski definition) is 0. The zero-order chi connectivity index (χ0) is 20.1. The van der Waals surface area contributed by atoms with Gasteiger partial charge in [-0.1, -0.05) is 33.8 Å². The minimum atomic E-state index is -3.78. The van der Waals surface area contributed by atoms with Gasteiger partial charge < -0.3 is 4.90 Å². The van der Waals surface area contributed by atoms with Gasteiger partial charge in [0.15, 0.2) is 9.84 Å². The average Bonchev–Trinajstić information content (AvgIpc) is 2.53. The van der Waals surface area contributed by atoms with E-state index in [9.17, 15) is 16.8 Å². The van der Waals surface area contributed by atoms with E-state index in [0.717, 1.165) is 19.3 Å². The second-order valence-electron chi connectivity index (χ2n) is 6.98. The molecule has 0 aliphatic rings. The molecule has 0 N–H and O–H groups in total. The van der Waals surface area contributed by atoms with Gasteiger partial charge in [-0.15, -0.1) is 0 Å². The summed E-state index contributed by atoms with van der Waals surface area (Å²) in [4.78, 5) is 2.26. The van der Waals surface area contributed by atoms with Crippen LogP contribution in [0.4, 0.5) is 0 Å². The van der Waals surface area contributed by atoms with Crippen LogP contribution in [0.3, 0.4) is 0 Å². The Hall–Kier alpha value is -0.960. The van der Waals surface area contributed by atoms with Crippen LogP contribution in [0.2, 0.25) is 0 Å². The molecule has 0 fully saturated rings. The predicted molar refractivity (Wildman–Crippen MR) is 106 cm³/mol. The molecule has 0 unspecified atom stereocenters. The summed E-state index contributed by atoms with van der Waals surface area (Å²) in [5.74, 6) is 0.167. The van der Waals surface area contributed by atoms with E-state index in [2.05, 4.69) is 4.90 Å². The number of sulfone groups is 1. The van der Waals surface area contributed by atoms with Gasteiger partial charge >= 0.3 is 0 Å². The molecule has 1 aromatic carbocycles. The topological polar surface area (TPSA) is 74.8 Å². The molecule has 0 aliphatic heterocycles. The summed E-state index contributed by atoms with van der Waals surface area (Å²) in [5.41, 5.74) is 0.550. The van der Waals surface area contributed by atoms with E-state index in [1.165, 1.54) is 16.4 Å². The quantitative estimate of drug-likeness (QED) is 0.598. The van der Waals surface area contributed by atoms with Crippen LogP contribution in [0.25, 0.3) is 0 Å². The van der Waals surface area contributed by atoms with Crippen molar-refractivity contribution in [3.8, 4) is 0 Å². The first-order valence-electron chi connectivity index (χ1n) is 8.96. The van der Waals surface area contributed by atoms with E-state index < -0.39 is 19.9 Å². The van der Waals surface area contributed by atoms with Crippen LogP contribution in [0, 0.1) is 12.8 Å². The smallest absolute Gasteiger partial charge is 0.243 e. The maximum Gasteiger partial charge on any atom is 0.243 e. The van der Waals surface area contributed by atoms with Crippen molar-refractivity contribution in [1.29, 1.82) is 0 Å². The van der Waals surface area contributed by atoms with E-state index >= 15 is 0 Å². The van der Waals surface area contributed by atoms with E-state index in [-0.39, 0.29) is 15.7 Å². The van der Waals surface area contributed by atoms with Crippen LogP contribution in [-0.4, -0.2) is 65.0 Å². The van der Waals surface area contributed by atoms with Crippen LogP contribution in [0.15, 0.2) is 28.0 Å². The minimum absolute atomic E-state index is 0.0231. The van der Waals surface area contributed by atoms with Crippen molar-refractivity contribution in [1.82, 2.24) is 9.21 Å². The van der Waals surface area contributed by atoms with Crippen molar-refractivity contribution in [3.63, 3.8) is 0 Å². The van der Waals surface area contributed by atoms with Crippen LogP contribution in [0.1, 0.15) is 33.3 Å². The van der Waals surface area contributed by atoms with Crippen molar-refractivity contribution in [2.75, 3.05) is 39.0 Å². The van der Waals surface area contributed by atoms with E-state index in [0.29, 0.717) is 25.2 Å². The molecule has 0 saturated heterocycles. The largest absolute Gasteiger partial charge is 0.303 e. The fraction of sp³-hybridized carbons (Fsp3) is 0.667. The Balaban J connectivity index is 3.31. The number of likely N-dealkylation sites (N-methyl/N-ethyl adjacent to an activating group) is 1. The van der Waals surface area contributed by atoms with Crippen LogP contribution >= 0.6 is 0 Å². The van der Waals surface area contributed by atoms with Gasteiger partial charge in [0.05, 0.1) is 9.79 Å². The summed E-state index contributed by atoms with van der Waals surface area (Å²) in [5, 5.41) is 0. The summed E-state index contributed by atoms with van der Waals surface area (Å²) in [7, 11) is -7.26. The normalized spacial score (nSPS) is 13.1. The fourth-order valence-electron chi connectivity index (χ4n) is 2.74. The van der Waals surface area contributed by atoms with E-state index in [1.807, 2.05) is 27.7 Å². The maximum absolute atomic E-state index is 13.3. The summed E-state index contributed by atoms with van der Waals surface area (Å²) in [6, 6.07) is 4.29. The molecule has 0 aromatic heterocycles. The number of aryl methyl sites for hydroxylation is 1. The van der Waals surface area contributed by atoms with Crippen molar-refractivity contribution < 1.29 is 16.8 Å². The highest BCUT2D eigenvalue weighted by molar-refractivity contribution is 7.91. The van der Waals surface area contributed by atoms with Crippen molar-refractivity contribution in [3.05, 3.63) is 23.8 Å². The number of rotatable bonds is 10. The molecular formula is C18H32N2O4S2. The van der Waals surface area contributed by atoms with Crippen molar-refractivity contribution in [2.24, 2.45) is 5.92 Å². The molecular weight excluding hydrogens is 372 g/mol. The summed E-state index contributed by atoms with van der Waals surface area (Å²) < 4.78 is 51.7. The minimum Gasteiger partial charge on any atom is -0.303 e. The Kier molecular flexibility index (Phi) is 8.26. The second kappa shape index (κ2) is 9.30. The number of hydrogen-bond acceptors (Lipinski definition) is 5. The molecule has 1 aromatic rings. The Morgan fingerprint density at radius 2 is 1.58 bits per heavy atom. The first-order chi connectivity index (χ1) is 11.9. The molecule has 0 heterocycles. The Bertz CT molecular complexity index is 798. The second-order valence-corrected chi connectivity index (χ2v) is 10.9. The third-order valence-electron chi connectivity index (χ3n) is 4.33. The van der Waals surface area contributed by atoms with Crippen molar-refractivity contribution >= 4 is 19.9 Å². The molecule has 0 radical (unpaired) electrons. The lowest BCUT2D eigenvalue weighted by molar-refractivity contribution is 0.262. The van der Waals surface area contributed by atoms with Gasteiger partial charge in [0, 0.05) is 25.9 Å². The Labute approximate surface area is 159 Å². The van der Waals surface area contributed by atoms with E-state index in [4.69, 9.17) is 0 Å². The van der Waals surface area contributed by atoms with Gasteiger partial charge in [-0.3, -0.25) is 0 Å². The summed E-state index contributed by atoms with van der Waals surface area (Å²) in [6.07, 6.45) is 1.08. The number of benzene rings is 1. The van der Waals surface area contributed by atoms with Crippen LogP contribution in [-0.2, 0) is 19.9 Å². The van der Waals surface area contributed by atoms with Gasteiger partial charge in [-0.05, 0) is 43.6 Å². The SMILES string of the molecule is CCN(CC)CCN(CC(C)C)S(=O)(=O)c1cc(S(C)(=O)=O)ccc1C. The lowest BCUT2D eigenvalue weighted by Gasteiger charge is -2.28. The number of nitrogens with zero attached hydrogens (tertiary/aromatic N) is 2. The van der Waals surface area contributed by atoms with E-state index in [1.54, 1.807) is 13.0 Å². The van der Waals surface area contributed by atoms with Gasteiger partial charge in [-0.25, -0.2) is 16.8 Å². The van der Waals surface area contributed by atoms with Gasteiger partial charge in [0.25, 0.3) is 0 Å². The molecule has 1 rings (SSSR count).